The number of hydrogen-bond donors (Lipinski definition) is 1. The molecule has 1 amide bonds. The fraction of sp³-hybridized carbons (Fsp3) is 0.385. The second-order valence-electron chi connectivity index (χ2n) is 8.82. The van der Waals surface area contributed by atoms with E-state index in [4.69, 9.17) is 4.74 Å². The Morgan fingerprint density at radius 1 is 1.09 bits per heavy atom. The minimum atomic E-state index is -4.00. The second-order valence-corrected chi connectivity index (χ2v) is 10.8. The van der Waals surface area contributed by atoms with Gasteiger partial charge in [0.05, 0.1) is 17.2 Å². The maximum atomic E-state index is 13.5. The molecule has 0 radical (unpaired) electrons. The maximum absolute atomic E-state index is 13.5. The number of rotatable bonds is 7. The molecule has 0 saturated heterocycles. The van der Waals surface area contributed by atoms with Gasteiger partial charge in [-0.05, 0) is 50.1 Å². The molecule has 1 heterocycles. The first kappa shape index (κ1) is 24.8. The quantitative estimate of drug-likeness (QED) is 0.528. The molecule has 1 saturated carbocycles. The first-order valence-electron chi connectivity index (χ1n) is 11.9. The molecule has 1 N–H and O–H groups in total. The number of fused-ring (bicyclic) bond motifs is 1. The third-order valence-corrected chi connectivity index (χ3v) is 8.46. The summed E-state index contributed by atoms with van der Waals surface area (Å²) in [6.45, 7) is 2.22. The maximum Gasteiger partial charge on any atom is 0.264 e. The number of para-hydroxylation sites is 2. The van der Waals surface area contributed by atoms with Crippen molar-refractivity contribution in [2.45, 2.75) is 50.0 Å². The summed E-state index contributed by atoms with van der Waals surface area (Å²) in [4.78, 5) is 31.1. The first-order valence-corrected chi connectivity index (χ1v) is 13.3. The topological polar surface area (TPSA) is 99.8 Å². The molecule has 35 heavy (non-hydrogen) atoms. The Morgan fingerprint density at radius 2 is 1.80 bits per heavy atom. The summed E-state index contributed by atoms with van der Waals surface area (Å²) in [5.74, 6) is 0.0921. The van der Waals surface area contributed by atoms with Gasteiger partial charge in [0, 0.05) is 37.2 Å². The number of nitrogens with one attached hydrogen (secondary N) is 1. The van der Waals surface area contributed by atoms with E-state index in [2.05, 4.69) is 4.98 Å². The van der Waals surface area contributed by atoms with Gasteiger partial charge in [-0.3, -0.25) is 13.9 Å². The number of anilines is 1. The third-order valence-electron chi connectivity index (χ3n) is 6.69. The Kier molecular flexibility index (Phi) is 7.16. The highest BCUT2D eigenvalue weighted by Crippen LogP contribution is 2.31. The predicted octanol–water partition coefficient (Wildman–Crippen LogP) is 4.16. The molecule has 1 aromatic heterocycles. The van der Waals surface area contributed by atoms with Crippen molar-refractivity contribution in [1.82, 2.24) is 9.88 Å². The fourth-order valence-electron chi connectivity index (χ4n) is 4.62. The van der Waals surface area contributed by atoms with Crippen LogP contribution in [0.25, 0.3) is 10.9 Å². The van der Waals surface area contributed by atoms with Crippen molar-refractivity contribution in [3.8, 4) is 5.75 Å². The zero-order valence-electron chi connectivity index (χ0n) is 20.3. The van der Waals surface area contributed by atoms with Crippen LogP contribution < -0.4 is 14.5 Å². The molecule has 0 atom stereocenters. The van der Waals surface area contributed by atoms with Crippen LogP contribution in [0.3, 0.4) is 0 Å². The van der Waals surface area contributed by atoms with Crippen LogP contribution >= 0.6 is 0 Å². The van der Waals surface area contributed by atoms with Crippen molar-refractivity contribution in [3.63, 3.8) is 0 Å². The normalized spacial score (nSPS) is 14.6. The SMILES string of the molecule is CCOc1ccccc1N(C)S(=O)(=O)c1ccc2[nH]cc(C(=O)N(C)C3CCCCC3)c(=O)c2c1. The van der Waals surface area contributed by atoms with E-state index in [1.165, 1.54) is 25.4 Å². The standard InChI is InChI=1S/C26H31N3O5S/c1-4-34-24-13-9-8-12-23(24)29(3)35(32,33)19-14-15-22-20(16-19)25(30)21(17-27-22)26(31)28(2)18-10-6-5-7-11-18/h8-9,12-18H,4-7,10-11H2,1-3H3,(H,27,30). The lowest BCUT2D eigenvalue weighted by Crippen LogP contribution is -2.40. The van der Waals surface area contributed by atoms with Gasteiger partial charge in [-0.2, -0.15) is 0 Å². The lowest BCUT2D eigenvalue weighted by Gasteiger charge is -2.31. The summed E-state index contributed by atoms with van der Waals surface area (Å²) in [6.07, 6.45) is 6.56. The third kappa shape index (κ3) is 4.77. The van der Waals surface area contributed by atoms with E-state index in [0.29, 0.717) is 23.6 Å². The Labute approximate surface area is 205 Å². The van der Waals surface area contributed by atoms with Crippen molar-refractivity contribution in [3.05, 3.63) is 64.4 Å². The van der Waals surface area contributed by atoms with Crippen molar-refractivity contribution in [2.24, 2.45) is 0 Å². The zero-order chi connectivity index (χ0) is 25.2. The van der Waals surface area contributed by atoms with E-state index in [-0.39, 0.29) is 27.8 Å². The average Bonchev–Trinajstić information content (AvgIpc) is 2.88. The van der Waals surface area contributed by atoms with Crippen LogP contribution in [0.2, 0.25) is 0 Å². The van der Waals surface area contributed by atoms with Crippen LogP contribution in [0.5, 0.6) is 5.75 Å². The van der Waals surface area contributed by atoms with E-state index in [0.717, 1.165) is 36.4 Å². The number of H-pyrrole nitrogens is 1. The Morgan fingerprint density at radius 3 is 2.51 bits per heavy atom. The Balaban J connectivity index is 1.71. The molecule has 4 rings (SSSR count). The lowest BCUT2D eigenvalue weighted by molar-refractivity contribution is 0.0695. The fourth-order valence-corrected chi connectivity index (χ4v) is 5.86. The molecule has 3 aromatic rings. The molecular formula is C26H31N3O5S. The van der Waals surface area contributed by atoms with Crippen LogP contribution in [0.15, 0.2) is 58.4 Å². The van der Waals surface area contributed by atoms with Gasteiger partial charge in [0.25, 0.3) is 15.9 Å². The number of pyridine rings is 1. The summed E-state index contributed by atoms with van der Waals surface area (Å²) in [5.41, 5.74) is 0.376. The molecule has 2 aromatic carbocycles. The number of ether oxygens (including phenoxy) is 1. The summed E-state index contributed by atoms with van der Waals surface area (Å²) in [7, 11) is -0.828. The van der Waals surface area contributed by atoms with E-state index < -0.39 is 15.5 Å². The van der Waals surface area contributed by atoms with Crippen molar-refractivity contribution >= 4 is 32.5 Å². The smallest absolute Gasteiger partial charge is 0.264 e. The average molecular weight is 498 g/mol. The number of hydrogen-bond acceptors (Lipinski definition) is 5. The molecular weight excluding hydrogens is 466 g/mol. The number of benzene rings is 2. The van der Waals surface area contributed by atoms with E-state index in [1.54, 1.807) is 42.3 Å². The van der Waals surface area contributed by atoms with E-state index in [1.807, 2.05) is 6.92 Å². The van der Waals surface area contributed by atoms with Crippen LogP contribution in [0.4, 0.5) is 5.69 Å². The molecule has 1 aliphatic rings. The summed E-state index contributed by atoms with van der Waals surface area (Å²) >= 11 is 0. The molecule has 0 unspecified atom stereocenters. The molecule has 0 bridgehead atoms. The van der Waals surface area contributed by atoms with Crippen molar-refractivity contribution < 1.29 is 17.9 Å². The van der Waals surface area contributed by atoms with E-state index in [9.17, 15) is 18.0 Å². The highest BCUT2D eigenvalue weighted by Gasteiger charge is 2.27. The number of carbonyl (C=O) groups is 1. The molecule has 1 fully saturated rings. The van der Waals surface area contributed by atoms with Gasteiger partial charge in [0.2, 0.25) is 5.43 Å². The van der Waals surface area contributed by atoms with Gasteiger partial charge < -0.3 is 14.6 Å². The van der Waals surface area contributed by atoms with Crippen molar-refractivity contribution in [1.29, 1.82) is 0 Å². The highest BCUT2D eigenvalue weighted by molar-refractivity contribution is 7.92. The van der Waals surface area contributed by atoms with Gasteiger partial charge >= 0.3 is 0 Å². The van der Waals surface area contributed by atoms with Crippen molar-refractivity contribution in [2.75, 3.05) is 25.0 Å². The van der Waals surface area contributed by atoms with Gasteiger partial charge in [-0.1, -0.05) is 31.4 Å². The second kappa shape index (κ2) is 10.1. The lowest BCUT2D eigenvalue weighted by atomic mass is 9.94. The van der Waals surface area contributed by atoms with Gasteiger partial charge in [-0.25, -0.2) is 8.42 Å². The monoisotopic (exact) mass is 497 g/mol. The summed E-state index contributed by atoms with van der Waals surface area (Å²) < 4.78 is 33.6. The molecule has 8 nitrogen and oxygen atoms in total. The summed E-state index contributed by atoms with van der Waals surface area (Å²) in [6, 6.07) is 11.3. The van der Waals surface area contributed by atoms with Gasteiger partial charge in [-0.15, -0.1) is 0 Å². The number of sulfonamides is 1. The molecule has 1 aliphatic carbocycles. The molecule has 9 heteroatoms. The molecule has 186 valence electrons. The highest BCUT2D eigenvalue weighted by atomic mass is 32.2. The minimum absolute atomic E-state index is 0.00941. The van der Waals surface area contributed by atoms with E-state index >= 15 is 0 Å². The largest absolute Gasteiger partial charge is 0.492 e. The van der Waals surface area contributed by atoms with Crippen LogP contribution in [0, 0.1) is 0 Å². The van der Waals surface area contributed by atoms with Crippen LogP contribution in [0.1, 0.15) is 49.4 Å². The number of aromatic amines is 1. The van der Waals surface area contributed by atoms with Crippen LogP contribution in [-0.4, -0.2) is 51.0 Å². The van der Waals surface area contributed by atoms with Crippen LogP contribution in [-0.2, 0) is 10.0 Å². The summed E-state index contributed by atoms with van der Waals surface area (Å²) in [5, 5.41) is 0.153. The number of amides is 1. The molecule has 0 spiro atoms. The number of aromatic nitrogens is 1. The number of carbonyl (C=O) groups excluding carboxylic acids is 1. The minimum Gasteiger partial charge on any atom is -0.492 e. The van der Waals surface area contributed by atoms with Gasteiger partial charge in [0.1, 0.15) is 11.3 Å². The first-order chi connectivity index (χ1) is 16.8. The predicted molar refractivity (Wildman–Crippen MR) is 137 cm³/mol. The number of nitrogens with zero attached hydrogens (tertiary/aromatic N) is 2. The zero-order valence-corrected chi connectivity index (χ0v) is 21.1. The van der Waals surface area contributed by atoms with Gasteiger partial charge in [0.15, 0.2) is 0 Å². The Hall–Kier alpha value is -3.33. The molecule has 0 aliphatic heterocycles. The Bertz CT molecular complexity index is 1390.